The number of unbranched alkanes of at least 4 members (excludes halogenated alkanes) is 2. The molecule has 0 spiro atoms. The van der Waals surface area contributed by atoms with Crippen molar-refractivity contribution in [2.24, 2.45) is 5.73 Å². The minimum absolute atomic E-state index is 0.159. The minimum atomic E-state index is -0.654. The van der Waals surface area contributed by atoms with Gasteiger partial charge in [0.1, 0.15) is 0 Å². The summed E-state index contributed by atoms with van der Waals surface area (Å²) in [5.41, 5.74) is 5.66. The average molecular weight is 229 g/mol. The van der Waals surface area contributed by atoms with E-state index in [1.807, 2.05) is 6.92 Å². The number of carbonyl (C=O) groups is 2. The van der Waals surface area contributed by atoms with E-state index in [2.05, 4.69) is 6.92 Å². The number of Topliss-reactive ketones (excluding diaryl/α,β-unsaturated/α-hetero) is 1. The van der Waals surface area contributed by atoms with E-state index in [4.69, 9.17) is 10.5 Å². The summed E-state index contributed by atoms with van der Waals surface area (Å²) in [6, 6.07) is -0.522. The Morgan fingerprint density at radius 2 is 1.88 bits per heavy atom. The molecule has 2 atom stereocenters. The molecule has 2 unspecified atom stereocenters. The molecule has 0 heterocycles. The van der Waals surface area contributed by atoms with Crippen molar-refractivity contribution in [3.8, 4) is 0 Å². The number of rotatable bonds is 8. The van der Waals surface area contributed by atoms with Crippen molar-refractivity contribution < 1.29 is 14.3 Å². The van der Waals surface area contributed by atoms with E-state index in [0.717, 1.165) is 19.3 Å². The number of nitrogens with two attached hydrogens (primary N) is 1. The molecule has 0 aliphatic rings. The predicted octanol–water partition coefficient (Wildman–Crippen LogP) is 1.80. The lowest BCUT2D eigenvalue weighted by molar-refractivity contribution is -0.154. The van der Waals surface area contributed by atoms with Crippen LogP contribution in [-0.2, 0) is 14.3 Å². The first-order valence-electron chi connectivity index (χ1n) is 5.99. The zero-order valence-electron chi connectivity index (χ0n) is 10.5. The van der Waals surface area contributed by atoms with Crippen molar-refractivity contribution in [3.05, 3.63) is 0 Å². The van der Waals surface area contributed by atoms with Gasteiger partial charge in [0, 0.05) is 6.92 Å². The highest BCUT2D eigenvalue weighted by atomic mass is 16.5. The third-order valence-electron chi connectivity index (χ3n) is 2.50. The fraction of sp³-hybridized carbons (Fsp3) is 0.833. The molecule has 0 aromatic carbocycles. The summed E-state index contributed by atoms with van der Waals surface area (Å²) in [5.74, 6) is -0.577. The van der Waals surface area contributed by atoms with Crippen molar-refractivity contribution in [3.63, 3.8) is 0 Å². The lowest BCUT2D eigenvalue weighted by atomic mass is 10.0. The van der Waals surface area contributed by atoms with E-state index in [-0.39, 0.29) is 5.78 Å². The van der Waals surface area contributed by atoms with Gasteiger partial charge in [0.05, 0.1) is 6.04 Å². The number of hydrogen-bond donors (Lipinski definition) is 1. The molecule has 94 valence electrons. The van der Waals surface area contributed by atoms with Gasteiger partial charge >= 0.3 is 5.97 Å². The highest BCUT2D eigenvalue weighted by Gasteiger charge is 2.25. The summed E-state index contributed by atoms with van der Waals surface area (Å²) >= 11 is 0. The van der Waals surface area contributed by atoms with Crippen LogP contribution in [0, 0.1) is 0 Å². The van der Waals surface area contributed by atoms with Gasteiger partial charge in [0.2, 0.25) is 0 Å². The summed E-state index contributed by atoms with van der Waals surface area (Å²) in [6.07, 6.45) is 3.49. The van der Waals surface area contributed by atoms with Crippen LogP contribution in [0.5, 0.6) is 0 Å². The Kier molecular flexibility index (Phi) is 7.81. The first-order valence-corrected chi connectivity index (χ1v) is 5.99. The summed E-state index contributed by atoms with van der Waals surface area (Å²) in [7, 11) is 0. The monoisotopic (exact) mass is 229 g/mol. The summed E-state index contributed by atoms with van der Waals surface area (Å²) in [5, 5.41) is 0. The summed E-state index contributed by atoms with van der Waals surface area (Å²) < 4.78 is 5.01. The van der Waals surface area contributed by atoms with Crippen LogP contribution < -0.4 is 5.73 Å². The molecule has 0 saturated heterocycles. The fourth-order valence-electron chi connectivity index (χ4n) is 1.48. The van der Waals surface area contributed by atoms with Crippen LogP contribution in [0.1, 0.15) is 52.9 Å². The van der Waals surface area contributed by atoms with E-state index in [1.165, 1.54) is 6.92 Å². The van der Waals surface area contributed by atoms with Crippen LogP contribution in [0.25, 0.3) is 0 Å². The van der Waals surface area contributed by atoms with Gasteiger partial charge < -0.3 is 10.5 Å². The maximum atomic E-state index is 11.8. The second kappa shape index (κ2) is 8.28. The van der Waals surface area contributed by atoms with Gasteiger partial charge in [-0.25, -0.2) is 0 Å². The van der Waals surface area contributed by atoms with Gasteiger partial charge in [-0.3, -0.25) is 9.59 Å². The van der Waals surface area contributed by atoms with Crippen molar-refractivity contribution in [1.82, 2.24) is 0 Å². The molecule has 4 heteroatoms. The maximum Gasteiger partial charge on any atom is 0.303 e. The number of carbonyl (C=O) groups excluding carboxylic acids is 2. The Balaban J connectivity index is 4.28. The zero-order chi connectivity index (χ0) is 12.6. The van der Waals surface area contributed by atoms with Gasteiger partial charge in [-0.15, -0.1) is 0 Å². The Morgan fingerprint density at radius 3 is 2.31 bits per heavy atom. The molecule has 16 heavy (non-hydrogen) atoms. The normalized spacial score (nSPS) is 14.2. The first-order chi connectivity index (χ1) is 7.52. The van der Waals surface area contributed by atoms with Crippen LogP contribution in [0.15, 0.2) is 0 Å². The number of hydrogen-bond acceptors (Lipinski definition) is 4. The fourth-order valence-corrected chi connectivity index (χ4v) is 1.48. The molecule has 0 aromatic rings. The van der Waals surface area contributed by atoms with Gasteiger partial charge in [0.15, 0.2) is 11.9 Å². The molecule has 0 aliphatic carbocycles. The van der Waals surface area contributed by atoms with Crippen LogP contribution in [-0.4, -0.2) is 23.9 Å². The zero-order valence-corrected chi connectivity index (χ0v) is 10.5. The molecule has 0 radical (unpaired) electrons. The largest absolute Gasteiger partial charge is 0.454 e. The van der Waals surface area contributed by atoms with Crippen LogP contribution in [0.2, 0.25) is 0 Å². The molecule has 0 aliphatic heterocycles. The lowest BCUT2D eigenvalue weighted by Gasteiger charge is -2.18. The van der Waals surface area contributed by atoms with E-state index >= 15 is 0 Å². The Hall–Kier alpha value is -0.900. The van der Waals surface area contributed by atoms with Crippen molar-refractivity contribution in [2.75, 3.05) is 0 Å². The SMILES string of the molecule is CCCCCC(OC(C)=O)C(=O)C(N)CC. The van der Waals surface area contributed by atoms with Gasteiger partial charge in [-0.1, -0.05) is 26.7 Å². The van der Waals surface area contributed by atoms with Gasteiger partial charge in [-0.05, 0) is 19.3 Å². The lowest BCUT2D eigenvalue weighted by Crippen LogP contribution is -2.40. The highest BCUT2D eigenvalue weighted by molar-refractivity contribution is 5.89. The number of ether oxygens (including phenoxy) is 1. The Morgan fingerprint density at radius 1 is 1.25 bits per heavy atom. The Labute approximate surface area is 97.5 Å². The molecule has 2 N–H and O–H groups in total. The number of esters is 1. The molecule has 0 fully saturated rings. The first kappa shape index (κ1) is 15.1. The molecule has 0 rings (SSSR count). The quantitative estimate of drug-likeness (QED) is 0.509. The smallest absolute Gasteiger partial charge is 0.303 e. The summed E-state index contributed by atoms with van der Waals surface area (Å²) in [4.78, 5) is 22.7. The van der Waals surface area contributed by atoms with E-state index in [1.54, 1.807) is 0 Å². The standard InChI is InChI=1S/C12H23NO3/c1-4-6-7-8-11(16-9(3)14)12(15)10(13)5-2/h10-11H,4-8,13H2,1-3H3. The van der Waals surface area contributed by atoms with Crippen molar-refractivity contribution in [1.29, 1.82) is 0 Å². The van der Waals surface area contributed by atoms with E-state index in [9.17, 15) is 9.59 Å². The minimum Gasteiger partial charge on any atom is -0.454 e. The third kappa shape index (κ3) is 5.85. The molecule has 4 nitrogen and oxygen atoms in total. The molecule has 0 amide bonds. The number of ketones is 1. The van der Waals surface area contributed by atoms with E-state index in [0.29, 0.717) is 12.8 Å². The van der Waals surface area contributed by atoms with Crippen LogP contribution in [0.3, 0.4) is 0 Å². The topological polar surface area (TPSA) is 69.4 Å². The molecular formula is C12H23NO3. The average Bonchev–Trinajstić information content (AvgIpc) is 2.25. The van der Waals surface area contributed by atoms with Gasteiger partial charge in [0.25, 0.3) is 0 Å². The van der Waals surface area contributed by atoms with E-state index < -0.39 is 18.1 Å². The third-order valence-corrected chi connectivity index (χ3v) is 2.50. The molecule has 0 aromatic heterocycles. The van der Waals surface area contributed by atoms with Crippen molar-refractivity contribution in [2.45, 2.75) is 65.0 Å². The van der Waals surface area contributed by atoms with Crippen molar-refractivity contribution >= 4 is 11.8 Å². The molecule has 0 bridgehead atoms. The Bertz CT molecular complexity index is 228. The van der Waals surface area contributed by atoms with Gasteiger partial charge in [-0.2, -0.15) is 0 Å². The molecule has 0 saturated carbocycles. The maximum absolute atomic E-state index is 11.8. The van der Waals surface area contributed by atoms with Crippen LogP contribution in [0.4, 0.5) is 0 Å². The molecular weight excluding hydrogens is 206 g/mol. The second-order valence-electron chi connectivity index (χ2n) is 4.01. The highest BCUT2D eigenvalue weighted by Crippen LogP contribution is 2.10. The second-order valence-corrected chi connectivity index (χ2v) is 4.01. The predicted molar refractivity (Wildman–Crippen MR) is 63.0 cm³/mol. The van der Waals surface area contributed by atoms with Crippen LogP contribution >= 0.6 is 0 Å². The summed E-state index contributed by atoms with van der Waals surface area (Å²) in [6.45, 7) is 5.25.